The maximum atomic E-state index is 13.1. The monoisotopic (exact) mass is 324 g/mol. The lowest BCUT2D eigenvalue weighted by Gasteiger charge is -2.00. The molecule has 1 N–H and O–H groups in total. The summed E-state index contributed by atoms with van der Waals surface area (Å²) in [4.78, 5) is 21.5. The van der Waals surface area contributed by atoms with Crippen LogP contribution < -0.4 is 5.56 Å². The van der Waals surface area contributed by atoms with E-state index in [0.29, 0.717) is 28.5 Å². The normalized spacial score (nSPS) is 11.8. The van der Waals surface area contributed by atoms with E-state index < -0.39 is 0 Å². The zero-order valence-corrected chi connectivity index (χ0v) is 13.7. The number of aromatic amines is 1. The van der Waals surface area contributed by atoms with Crippen LogP contribution >= 0.6 is 0 Å². The Balaban J connectivity index is 2.06. The van der Waals surface area contributed by atoms with Crippen LogP contribution in [0.4, 0.5) is 10.2 Å². The second-order valence-electron chi connectivity index (χ2n) is 5.56. The number of aliphatic imine (C=N–C) groups is 1. The fourth-order valence-electron chi connectivity index (χ4n) is 2.56. The van der Waals surface area contributed by atoms with Gasteiger partial charge >= 0.3 is 0 Å². The molecule has 6 heteroatoms. The lowest BCUT2D eigenvalue weighted by molar-refractivity contribution is 0.627. The molecule has 5 nitrogen and oxygen atoms in total. The Morgan fingerprint density at radius 2 is 1.88 bits per heavy atom. The largest absolute Gasteiger partial charge is 0.295 e. The molecule has 2 aromatic heterocycles. The van der Waals surface area contributed by atoms with Crippen molar-refractivity contribution in [2.45, 2.75) is 20.8 Å². The van der Waals surface area contributed by atoms with Crippen molar-refractivity contribution in [1.82, 2.24) is 14.8 Å². The van der Waals surface area contributed by atoms with Gasteiger partial charge in [0.15, 0.2) is 5.82 Å². The summed E-state index contributed by atoms with van der Waals surface area (Å²) in [6, 6.07) is 11.3. The number of halogens is 1. The standard InChI is InChI=1S/C18H17FN4O/c1-11-5-4-6-16(20-11)21-12(2)17-13(3)22-23(18(17)24)15-9-7-14(19)8-10-15/h4-10,22H,1-3H3/b21-12-. The molecule has 2 heterocycles. The fraction of sp³-hybridized carbons (Fsp3) is 0.167. The van der Waals surface area contributed by atoms with Gasteiger partial charge in [0.05, 0.1) is 17.0 Å². The molecule has 0 unspecified atom stereocenters. The molecule has 0 spiro atoms. The minimum atomic E-state index is -0.349. The van der Waals surface area contributed by atoms with Crippen LogP contribution in [0.25, 0.3) is 5.69 Å². The van der Waals surface area contributed by atoms with Gasteiger partial charge in [-0.15, -0.1) is 0 Å². The topological polar surface area (TPSA) is 63.0 Å². The highest BCUT2D eigenvalue weighted by atomic mass is 19.1. The Kier molecular flexibility index (Phi) is 4.12. The zero-order valence-electron chi connectivity index (χ0n) is 13.7. The Morgan fingerprint density at radius 3 is 2.54 bits per heavy atom. The molecule has 0 saturated heterocycles. The Bertz CT molecular complexity index is 967. The quantitative estimate of drug-likeness (QED) is 0.750. The second kappa shape index (κ2) is 6.23. The first-order chi connectivity index (χ1) is 11.5. The number of aryl methyl sites for hydroxylation is 2. The first-order valence-electron chi connectivity index (χ1n) is 7.52. The average molecular weight is 324 g/mol. The molecule has 1 aromatic carbocycles. The molecule has 0 aliphatic rings. The molecule has 0 saturated carbocycles. The van der Waals surface area contributed by atoms with E-state index in [2.05, 4.69) is 15.1 Å². The third-order valence-electron chi connectivity index (χ3n) is 3.67. The third kappa shape index (κ3) is 3.03. The molecule has 122 valence electrons. The lowest BCUT2D eigenvalue weighted by atomic mass is 10.2. The number of nitrogens with zero attached hydrogens (tertiary/aromatic N) is 3. The van der Waals surface area contributed by atoms with Gasteiger partial charge in [0.2, 0.25) is 0 Å². The highest BCUT2D eigenvalue weighted by molar-refractivity contribution is 6.00. The first-order valence-corrected chi connectivity index (χ1v) is 7.52. The van der Waals surface area contributed by atoms with Gasteiger partial charge in [-0.25, -0.2) is 19.0 Å². The summed E-state index contributed by atoms with van der Waals surface area (Å²) in [6.45, 7) is 5.47. The van der Waals surface area contributed by atoms with Gasteiger partial charge in [0.1, 0.15) is 5.82 Å². The Labute approximate surface area is 138 Å². The number of hydrogen-bond donors (Lipinski definition) is 1. The molecule has 24 heavy (non-hydrogen) atoms. The van der Waals surface area contributed by atoms with Crippen molar-refractivity contribution in [2.75, 3.05) is 0 Å². The third-order valence-corrected chi connectivity index (χ3v) is 3.67. The van der Waals surface area contributed by atoms with Gasteiger partial charge in [-0.2, -0.15) is 0 Å². The van der Waals surface area contributed by atoms with E-state index in [1.807, 2.05) is 19.1 Å². The summed E-state index contributed by atoms with van der Waals surface area (Å²) in [5.41, 5.74) is 2.96. The van der Waals surface area contributed by atoms with Crippen molar-refractivity contribution in [2.24, 2.45) is 4.99 Å². The highest BCUT2D eigenvalue weighted by Gasteiger charge is 2.15. The molecule has 0 fully saturated rings. The van der Waals surface area contributed by atoms with Crippen molar-refractivity contribution in [3.8, 4) is 5.69 Å². The predicted molar refractivity (Wildman–Crippen MR) is 91.9 cm³/mol. The van der Waals surface area contributed by atoms with E-state index in [9.17, 15) is 9.18 Å². The van der Waals surface area contributed by atoms with E-state index in [0.717, 1.165) is 5.69 Å². The molecule has 0 atom stereocenters. The predicted octanol–water partition coefficient (Wildman–Crippen LogP) is 3.46. The Morgan fingerprint density at radius 1 is 1.17 bits per heavy atom. The highest BCUT2D eigenvalue weighted by Crippen LogP contribution is 2.13. The number of H-pyrrole nitrogens is 1. The van der Waals surface area contributed by atoms with E-state index in [1.54, 1.807) is 32.0 Å². The van der Waals surface area contributed by atoms with Crippen LogP contribution in [0, 0.1) is 19.7 Å². The lowest BCUT2D eigenvalue weighted by Crippen LogP contribution is -2.19. The number of rotatable bonds is 3. The van der Waals surface area contributed by atoms with Crippen LogP contribution in [0.5, 0.6) is 0 Å². The van der Waals surface area contributed by atoms with Gasteiger partial charge in [-0.3, -0.25) is 9.89 Å². The minimum absolute atomic E-state index is 0.229. The SMILES string of the molecule is C/C(=N/c1cccc(C)n1)c1c(C)[nH]n(-c2ccc(F)cc2)c1=O. The van der Waals surface area contributed by atoms with Gasteiger partial charge in [-0.1, -0.05) is 6.07 Å². The molecule has 3 aromatic rings. The van der Waals surface area contributed by atoms with Crippen molar-refractivity contribution in [3.05, 3.63) is 75.6 Å². The minimum Gasteiger partial charge on any atom is -0.295 e. The van der Waals surface area contributed by atoms with Gasteiger partial charge < -0.3 is 0 Å². The summed E-state index contributed by atoms with van der Waals surface area (Å²) in [5.74, 6) is 0.208. The van der Waals surface area contributed by atoms with Crippen LogP contribution in [0.15, 0.2) is 52.3 Å². The smallest absolute Gasteiger partial charge is 0.280 e. The average Bonchev–Trinajstić information content (AvgIpc) is 2.83. The molecule has 0 bridgehead atoms. The van der Waals surface area contributed by atoms with Crippen molar-refractivity contribution in [1.29, 1.82) is 0 Å². The number of hydrogen-bond acceptors (Lipinski definition) is 3. The molecule has 0 amide bonds. The molecule has 0 aliphatic carbocycles. The van der Waals surface area contributed by atoms with Crippen molar-refractivity contribution in [3.63, 3.8) is 0 Å². The number of nitrogens with one attached hydrogen (secondary N) is 1. The summed E-state index contributed by atoms with van der Waals surface area (Å²) in [6.07, 6.45) is 0. The maximum Gasteiger partial charge on any atom is 0.280 e. The fourth-order valence-corrected chi connectivity index (χ4v) is 2.56. The van der Waals surface area contributed by atoms with E-state index >= 15 is 0 Å². The number of benzene rings is 1. The number of pyridine rings is 1. The molecular formula is C18H17FN4O. The summed E-state index contributed by atoms with van der Waals surface area (Å²) < 4.78 is 14.4. The zero-order chi connectivity index (χ0) is 17.3. The second-order valence-corrected chi connectivity index (χ2v) is 5.56. The van der Waals surface area contributed by atoms with Crippen LogP contribution in [0.1, 0.15) is 23.9 Å². The molecule has 0 radical (unpaired) electrons. The van der Waals surface area contributed by atoms with E-state index in [-0.39, 0.29) is 11.4 Å². The van der Waals surface area contributed by atoms with Crippen molar-refractivity contribution >= 4 is 11.5 Å². The molecule has 0 aliphatic heterocycles. The summed E-state index contributed by atoms with van der Waals surface area (Å²) >= 11 is 0. The summed E-state index contributed by atoms with van der Waals surface area (Å²) in [5, 5.41) is 3.01. The van der Waals surface area contributed by atoms with Crippen LogP contribution in [-0.4, -0.2) is 20.5 Å². The van der Waals surface area contributed by atoms with Crippen molar-refractivity contribution < 1.29 is 4.39 Å². The van der Waals surface area contributed by atoms with E-state index in [1.165, 1.54) is 16.8 Å². The van der Waals surface area contributed by atoms with Gasteiger partial charge in [-0.05, 0) is 57.2 Å². The van der Waals surface area contributed by atoms with Crippen LogP contribution in [-0.2, 0) is 0 Å². The van der Waals surface area contributed by atoms with E-state index in [4.69, 9.17) is 0 Å². The van der Waals surface area contributed by atoms with Crippen LogP contribution in [0.2, 0.25) is 0 Å². The van der Waals surface area contributed by atoms with Gasteiger partial charge in [0, 0.05) is 11.4 Å². The van der Waals surface area contributed by atoms with Gasteiger partial charge in [0.25, 0.3) is 5.56 Å². The molecular weight excluding hydrogens is 307 g/mol. The first kappa shape index (κ1) is 15.9. The van der Waals surface area contributed by atoms with Crippen LogP contribution in [0.3, 0.4) is 0 Å². The summed E-state index contributed by atoms with van der Waals surface area (Å²) in [7, 11) is 0. The molecule has 3 rings (SSSR count). The maximum absolute atomic E-state index is 13.1. The Hall–Kier alpha value is -3.02. The number of aromatic nitrogens is 3.